The van der Waals surface area contributed by atoms with Gasteiger partial charge < -0.3 is 15.0 Å². The molecule has 2 heterocycles. The van der Waals surface area contributed by atoms with Crippen LogP contribution >= 0.6 is 0 Å². The molecule has 7 nitrogen and oxygen atoms in total. The number of fused-ring (bicyclic) bond motifs is 1. The largest absolute Gasteiger partial charge is 0.376 e. The molecular formula is C13H16N4O3. The number of benzene rings is 1. The number of hydrogen-bond donors (Lipinski definition) is 2. The van der Waals surface area contributed by atoms with Gasteiger partial charge in [-0.3, -0.25) is 10.1 Å². The van der Waals surface area contributed by atoms with Crippen LogP contribution < -0.4 is 5.32 Å². The number of H-pyrrole nitrogens is 1. The molecule has 0 aliphatic carbocycles. The van der Waals surface area contributed by atoms with Crippen LogP contribution in [0.2, 0.25) is 0 Å². The van der Waals surface area contributed by atoms with Gasteiger partial charge in [0.05, 0.1) is 27.6 Å². The monoisotopic (exact) mass is 276 g/mol. The van der Waals surface area contributed by atoms with Gasteiger partial charge in [-0.1, -0.05) is 0 Å². The van der Waals surface area contributed by atoms with Gasteiger partial charge in [-0.25, -0.2) is 4.98 Å². The van der Waals surface area contributed by atoms with Crippen LogP contribution in [0.3, 0.4) is 0 Å². The highest BCUT2D eigenvalue weighted by atomic mass is 16.6. The zero-order chi connectivity index (χ0) is 14.3. The minimum Gasteiger partial charge on any atom is -0.376 e. The molecule has 3 rings (SSSR count). The van der Waals surface area contributed by atoms with Crippen LogP contribution in [0.4, 0.5) is 11.6 Å². The molecule has 0 saturated carbocycles. The molecule has 1 aliphatic heterocycles. The first-order chi connectivity index (χ1) is 9.48. The molecule has 1 fully saturated rings. The molecule has 0 spiro atoms. The third kappa shape index (κ3) is 2.09. The number of hydrogen-bond acceptors (Lipinski definition) is 5. The van der Waals surface area contributed by atoms with Gasteiger partial charge in [0.1, 0.15) is 0 Å². The van der Waals surface area contributed by atoms with E-state index in [-0.39, 0.29) is 17.3 Å². The van der Waals surface area contributed by atoms with Crippen LogP contribution in [0.15, 0.2) is 18.2 Å². The van der Waals surface area contributed by atoms with Crippen molar-refractivity contribution in [2.75, 3.05) is 11.9 Å². The Morgan fingerprint density at radius 2 is 2.40 bits per heavy atom. The second-order valence-corrected chi connectivity index (χ2v) is 5.35. The van der Waals surface area contributed by atoms with E-state index in [0.717, 1.165) is 13.0 Å². The molecule has 2 N–H and O–H groups in total. The summed E-state index contributed by atoms with van der Waals surface area (Å²) in [6.45, 7) is 4.82. The van der Waals surface area contributed by atoms with E-state index >= 15 is 0 Å². The SMILES string of the molecule is CC1OCCC1(C)Nc1nc2ccc([N+](=O)[O-])cc2[nH]1. The van der Waals surface area contributed by atoms with Gasteiger partial charge in [0.2, 0.25) is 5.95 Å². The Morgan fingerprint density at radius 3 is 3.05 bits per heavy atom. The highest BCUT2D eigenvalue weighted by molar-refractivity contribution is 5.80. The number of aromatic amines is 1. The van der Waals surface area contributed by atoms with Crippen molar-refractivity contribution in [3.8, 4) is 0 Å². The van der Waals surface area contributed by atoms with Crippen LogP contribution in [0.5, 0.6) is 0 Å². The van der Waals surface area contributed by atoms with Crippen molar-refractivity contribution < 1.29 is 9.66 Å². The van der Waals surface area contributed by atoms with Gasteiger partial charge in [-0.2, -0.15) is 0 Å². The molecule has 2 atom stereocenters. The molecule has 2 aromatic rings. The van der Waals surface area contributed by atoms with Gasteiger partial charge in [0.15, 0.2) is 0 Å². The first-order valence-electron chi connectivity index (χ1n) is 6.52. The molecule has 0 bridgehead atoms. The first-order valence-corrected chi connectivity index (χ1v) is 6.52. The van der Waals surface area contributed by atoms with Crippen LogP contribution in [-0.4, -0.2) is 33.1 Å². The molecule has 0 amide bonds. The van der Waals surface area contributed by atoms with E-state index in [1.165, 1.54) is 12.1 Å². The maximum Gasteiger partial charge on any atom is 0.271 e. The van der Waals surface area contributed by atoms with Gasteiger partial charge in [0, 0.05) is 18.7 Å². The normalized spacial score (nSPS) is 26.0. The summed E-state index contributed by atoms with van der Waals surface area (Å²) in [7, 11) is 0. The third-order valence-electron chi connectivity index (χ3n) is 3.97. The van der Waals surface area contributed by atoms with E-state index < -0.39 is 4.92 Å². The standard InChI is InChI=1S/C13H16N4O3/c1-8-13(2,5-6-20-8)16-12-14-10-4-3-9(17(18)19)7-11(10)15-12/h3-4,7-8H,5-6H2,1-2H3,(H2,14,15,16). The number of aromatic nitrogens is 2. The third-order valence-corrected chi connectivity index (χ3v) is 3.97. The maximum absolute atomic E-state index is 10.8. The van der Waals surface area contributed by atoms with Crippen LogP contribution in [0.1, 0.15) is 20.3 Å². The van der Waals surface area contributed by atoms with Crippen molar-refractivity contribution in [1.82, 2.24) is 9.97 Å². The van der Waals surface area contributed by atoms with E-state index in [1.807, 2.05) is 6.92 Å². The fourth-order valence-corrected chi connectivity index (χ4v) is 2.44. The molecule has 7 heteroatoms. The second kappa shape index (κ2) is 4.45. The van der Waals surface area contributed by atoms with E-state index in [1.54, 1.807) is 6.07 Å². The van der Waals surface area contributed by atoms with Crippen molar-refractivity contribution in [2.24, 2.45) is 0 Å². The van der Waals surface area contributed by atoms with Crippen molar-refractivity contribution in [2.45, 2.75) is 31.9 Å². The summed E-state index contributed by atoms with van der Waals surface area (Å²) in [4.78, 5) is 17.8. The Balaban J connectivity index is 1.91. The fraction of sp³-hybridized carbons (Fsp3) is 0.462. The lowest BCUT2D eigenvalue weighted by Crippen LogP contribution is -2.41. The van der Waals surface area contributed by atoms with Crippen LogP contribution in [0.25, 0.3) is 11.0 Å². The number of anilines is 1. The number of nitrogens with zero attached hydrogens (tertiary/aromatic N) is 2. The van der Waals surface area contributed by atoms with Crippen LogP contribution in [-0.2, 0) is 4.74 Å². The van der Waals surface area contributed by atoms with Gasteiger partial charge >= 0.3 is 0 Å². The molecule has 2 unspecified atom stereocenters. The number of ether oxygens (including phenoxy) is 1. The Bertz CT molecular complexity index is 669. The summed E-state index contributed by atoms with van der Waals surface area (Å²) < 4.78 is 5.57. The number of imidazole rings is 1. The zero-order valence-electron chi connectivity index (χ0n) is 11.3. The van der Waals surface area contributed by atoms with Crippen molar-refractivity contribution in [3.63, 3.8) is 0 Å². The fourth-order valence-electron chi connectivity index (χ4n) is 2.44. The second-order valence-electron chi connectivity index (χ2n) is 5.35. The van der Waals surface area contributed by atoms with E-state index in [4.69, 9.17) is 4.74 Å². The van der Waals surface area contributed by atoms with Gasteiger partial charge in [-0.05, 0) is 26.3 Å². The molecule has 1 saturated heterocycles. The summed E-state index contributed by atoms with van der Waals surface area (Å²) in [5.74, 6) is 0.611. The highest BCUT2D eigenvalue weighted by Gasteiger charge is 2.37. The molecule has 0 radical (unpaired) electrons. The lowest BCUT2D eigenvalue weighted by Gasteiger charge is -2.28. The summed E-state index contributed by atoms with van der Waals surface area (Å²) >= 11 is 0. The minimum absolute atomic E-state index is 0.0523. The van der Waals surface area contributed by atoms with Crippen molar-refractivity contribution >= 4 is 22.7 Å². The summed E-state index contributed by atoms with van der Waals surface area (Å²) in [5.41, 5.74) is 1.22. The quantitative estimate of drug-likeness (QED) is 0.663. The van der Waals surface area contributed by atoms with E-state index in [2.05, 4.69) is 22.2 Å². The smallest absolute Gasteiger partial charge is 0.271 e. The number of nitrogens with one attached hydrogen (secondary N) is 2. The van der Waals surface area contributed by atoms with E-state index in [9.17, 15) is 10.1 Å². The predicted octanol–water partition coefficient (Wildman–Crippen LogP) is 2.45. The molecular weight excluding hydrogens is 260 g/mol. The summed E-state index contributed by atoms with van der Waals surface area (Å²) in [6.07, 6.45) is 0.982. The van der Waals surface area contributed by atoms with Gasteiger partial charge in [-0.15, -0.1) is 0 Å². The summed E-state index contributed by atoms with van der Waals surface area (Å²) in [6, 6.07) is 4.59. The molecule has 1 aromatic heterocycles. The minimum atomic E-state index is -0.415. The number of nitro benzene ring substituents is 1. The maximum atomic E-state index is 10.8. The average Bonchev–Trinajstić information content (AvgIpc) is 2.92. The van der Waals surface area contributed by atoms with E-state index in [0.29, 0.717) is 17.0 Å². The zero-order valence-corrected chi connectivity index (χ0v) is 11.3. The first kappa shape index (κ1) is 12.9. The van der Waals surface area contributed by atoms with Gasteiger partial charge in [0.25, 0.3) is 5.69 Å². The molecule has 106 valence electrons. The number of rotatable bonds is 3. The Hall–Kier alpha value is -2.15. The Kier molecular flexibility index (Phi) is 2.86. The molecule has 20 heavy (non-hydrogen) atoms. The highest BCUT2D eigenvalue weighted by Crippen LogP contribution is 2.29. The Morgan fingerprint density at radius 1 is 1.60 bits per heavy atom. The van der Waals surface area contributed by atoms with Crippen molar-refractivity contribution in [1.29, 1.82) is 0 Å². The number of nitro groups is 1. The predicted molar refractivity (Wildman–Crippen MR) is 74.8 cm³/mol. The molecule has 1 aromatic carbocycles. The topological polar surface area (TPSA) is 93.1 Å². The Labute approximate surface area is 115 Å². The lowest BCUT2D eigenvalue weighted by molar-refractivity contribution is -0.384. The lowest BCUT2D eigenvalue weighted by atomic mass is 9.95. The van der Waals surface area contributed by atoms with Crippen molar-refractivity contribution in [3.05, 3.63) is 28.3 Å². The average molecular weight is 276 g/mol. The van der Waals surface area contributed by atoms with Crippen LogP contribution in [0, 0.1) is 10.1 Å². The number of non-ortho nitro benzene ring substituents is 1. The molecule has 1 aliphatic rings. The summed E-state index contributed by atoms with van der Waals surface area (Å²) in [5, 5.41) is 14.1.